The van der Waals surface area contributed by atoms with Crippen molar-refractivity contribution in [1.82, 2.24) is 10.2 Å². The highest BCUT2D eigenvalue weighted by Gasteiger charge is 2.44. The van der Waals surface area contributed by atoms with E-state index in [2.05, 4.69) is 49.0 Å². The van der Waals surface area contributed by atoms with Gasteiger partial charge in [0.25, 0.3) is 0 Å². The van der Waals surface area contributed by atoms with E-state index in [1.165, 1.54) is 11.1 Å². The summed E-state index contributed by atoms with van der Waals surface area (Å²) in [5.41, 5.74) is 10.6. The van der Waals surface area contributed by atoms with Crippen molar-refractivity contribution in [2.24, 2.45) is 10.7 Å². The van der Waals surface area contributed by atoms with Gasteiger partial charge < -0.3 is 5.73 Å². The lowest BCUT2D eigenvalue weighted by atomic mass is 9.81. The summed E-state index contributed by atoms with van der Waals surface area (Å²) in [7, 11) is 0. The molecule has 0 radical (unpaired) electrons. The quantitative estimate of drug-likeness (QED) is 0.504. The van der Waals surface area contributed by atoms with Crippen LogP contribution in [0.1, 0.15) is 45.2 Å². The van der Waals surface area contributed by atoms with E-state index in [1.807, 2.05) is 6.20 Å². The molecule has 5 heteroatoms. The van der Waals surface area contributed by atoms with Gasteiger partial charge in [0, 0.05) is 5.39 Å². The summed E-state index contributed by atoms with van der Waals surface area (Å²) in [5.74, 6) is 0.667. The maximum atomic E-state index is 5.90. The lowest BCUT2D eigenvalue weighted by molar-refractivity contribution is 0.403. The highest BCUT2D eigenvalue weighted by molar-refractivity contribution is 6.28. The minimum Gasteiger partial charge on any atom is -0.386 e. The maximum Gasteiger partial charge on any atom is 0.115 e. The van der Waals surface area contributed by atoms with Gasteiger partial charge in [0.2, 0.25) is 0 Å². The fraction of sp³-hybridized carbons (Fsp3) is 0.500. The van der Waals surface area contributed by atoms with Crippen LogP contribution in [-0.4, -0.2) is 21.9 Å². The highest BCUT2D eigenvalue weighted by Crippen LogP contribution is 2.54. The number of nitrogens with zero attached hydrogens (tertiary/aromatic N) is 2. The third kappa shape index (κ3) is 2.13. The van der Waals surface area contributed by atoms with Gasteiger partial charge in [0.05, 0.1) is 23.3 Å². The van der Waals surface area contributed by atoms with E-state index in [0.29, 0.717) is 5.84 Å². The number of rotatable bonds is 2. The molecule has 1 aromatic carbocycles. The van der Waals surface area contributed by atoms with Crippen LogP contribution in [0.4, 0.5) is 5.69 Å². The second kappa shape index (κ2) is 4.47. The van der Waals surface area contributed by atoms with E-state index in [0.717, 1.165) is 23.0 Å². The first-order chi connectivity index (χ1) is 9.76. The Bertz CT molecular complexity index is 740. The molecule has 4 nitrogen and oxygen atoms in total. The molecule has 3 N–H and O–H groups in total. The van der Waals surface area contributed by atoms with Gasteiger partial charge in [0.1, 0.15) is 5.84 Å². The van der Waals surface area contributed by atoms with Gasteiger partial charge in [0.15, 0.2) is 0 Å². The Balaban J connectivity index is 2.42. The number of fused-ring (bicyclic) bond motifs is 2. The summed E-state index contributed by atoms with van der Waals surface area (Å²) in [5, 5.41) is 8.22. The molecule has 1 aliphatic carbocycles. The van der Waals surface area contributed by atoms with Crippen LogP contribution < -0.4 is 5.73 Å². The summed E-state index contributed by atoms with van der Waals surface area (Å²) in [4.78, 5) is 4.61. The van der Waals surface area contributed by atoms with Gasteiger partial charge in [-0.05, 0) is 34.4 Å². The zero-order valence-electron chi connectivity index (χ0n) is 12.9. The molecule has 0 unspecified atom stereocenters. The fourth-order valence-electron chi connectivity index (χ4n) is 3.87. The number of amidine groups is 1. The number of aromatic amines is 1. The number of aromatic nitrogens is 2. The van der Waals surface area contributed by atoms with Crippen LogP contribution >= 0.6 is 11.6 Å². The molecule has 2 aromatic rings. The van der Waals surface area contributed by atoms with Crippen molar-refractivity contribution in [3.8, 4) is 0 Å². The molecule has 1 aromatic heterocycles. The summed E-state index contributed by atoms with van der Waals surface area (Å²) >= 11 is 5.83. The van der Waals surface area contributed by atoms with Crippen LogP contribution in [0.25, 0.3) is 10.9 Å². The number of nitrogens with two attached hydrogens (primary N) is 1. The molecule has 0 fully saturated rings. The molecular weight excluding hydrogens is 284 g/mol. The Morgan fingerprint density at radius 2 is 2.10 bits per heavy atom. The average molecular weight is 305 g/mol. The van der Waals surface area contributed by atoms with E-state index in [1.54, 1.807) is 0 Å². The van der Waals surface area contributed by atoms with Crippen LogP contribution in [0.2, 0.25) is 0 Å². The van der Waals surface area contributed by atoms with Gasteiger partial charge in [-0.2, -0.15) is 5.10 Å². The van der Waals surface area contributed by atoms with Gasteiger partial charge in [-0.3, -0.25) is 5.10 Å². The number of halogens is 1. The Morgan fingerprint density at radius 3 is 2.76 bits per heavy atom. The van der Waals surface area contributed by atoms with Crippen LogP contribution in [0.5, 0.6) is 0 Å². The Hall–Kier alpha value is -1.55. The van der Waals surface area contributed by atoms with E-state index in [-0.39, 0.29) is 16.7 Å². The zero-order valence-corrected chi connectivity index (χ0v) is 13.7. The molecule has 0 amide bonds. The number of benzene rings is 1. The van der Waals surface area contributed by atoms with Crippen molar-refractivity contribution in [2.45, 2.75) is 44.9 Å². The minimum absolute atomic E-state index is 0.0513. The monoisotopic (exact) mass is 304 g/mol. The smallest absolute Gasteiger partial charge is 0.115 e. The standard InChI is InChI=1S/C16H21ClN4/c1-15(2)8-16(3,4)13-10(15)5-11-9(7-19-21-11)14(13)20-12(18)6-17/h5,7H,6,8H2,1-4H3,(H2,18,20)(H,19,21). The van der Waals surface area contributed by atoms with Crippen molar-refractivity contribution >= 4 is 34.0 Å². The molecular formula is C16H21ClN4. The predicted octanol–water partition coefficient (Wildman–Crippen LogP) is 3.75. The molecule has 1 aliphatic rings. The molecule has 1 heterocycles. The molecule has 0 bridgehead atoms. The van der Waals surface area contributed by atoms with E-state index in [9.17, 15) is 0 Å². The summed E-state index contributed by atoms with van der Waals surface area (Å²) < 4.78 is 0. The molecule has 0 atom stereocenters. The first kappa shape index (κ1) is 14.4. The maximum absolute atomic E-state index is 5.90. The van der Waals surface area contributed by atoms with Gasteiger partial charge in [-0.15, -0.1) is 11.6 Å². The fourth-order valence-corrected chi connectivity index (χ4v) is 3.93. The van der Waals surface area contributed by atoms with Gasteiger partial charge in [-0.1, -0.05) is 27.7 Å². The first-order valence-electron chi connectivity index (χ1n) is 7.16. The largest absolute Gasteiger partial charge is 0.386 e. The number of hydrogen-bond donors (Lipinski definition) is 2. The van der Waals surface area contributed by atoms with Crippen molar-refractivity contribution in [2.75, 3.05) is 5.88 Å². The van der Waals surface area contributed by atoms with E-state index < -0.39 is 0 Å². The van der Waals surface area contributed by atoms with Crippen molar-refractivity contribution in [3.63, 3.8) is 0 Å². The number of hydrogen-bond acceptors (Lipinski definition) is 2. The molecule has 112 valence electrons. The van der Waals surface area contributed by atoms with Crippen LogP contribution in [0.3, 0.4) is 0 Å². The molecule has 3 rings (SSSR count). The molecule has 0 aliphatic heterocycles. The van der Waals surface area contributed by atoms with Gasteiger partial charge >= 0.3 is 0 Å². The topological polar surface area (TPSA) is 67.1 Å². The molecule has 0 spiro atoms. The third-order valence-electron chi connectivity index (χ3n) is 4.40. The summed E-state index contributed by atoms with van der Waals surface area (Å²) in [6.45, 7) is 9.09. The van der Waals surface area contributed by atoms with Crippen molar-refractivity contribution < 1.29 is 0 Å². The molecule has 21 heavy (non-hydrogen) atoms. The third-order valence-corrected chi connectivity index (χ3v) is 4.67. The van der Waals surface area contributed by atoms with E-state index in [4.69, 9.17) is 17.3 Å². The number of H-pyrrole nitrogens is 1. The van der Waals surface area contributed by atoms with Crippen molar-refractivity contribution in [1.29, 1.82) is 0 Å². The highest BCUT2D eigenvalue weighted by atomic mass is 35.5. The number of alkyl halides is 1. The lowest BCUT2D eigenvalue weighted by Gasteiger charge is -2.23. The summed E-state index contributed by atoms with van der Waals surface area (Å²) in [6.07, 6.45) is 2.90. The Kier molecular flexibility index (Phi) is 3.06. The van der Waals surface area contributed by atoms with Crippen LogP contribution in [0.15, 0.2) is 17.3 Å². The Labute approximate surface area is 129 Å². The normalized spacial score (nSPS) is 20.0. The second-order valence-corrected chi connectivity index (χ2v) is 7.43. The molecule has 0 saturated carbocycles. The van der Waals surface area contributed by atoms with E-state index >= 15 is 0 Å². The van der Waals surface area contributed by atoms with Crippen LogP contribution in [-0.2, 0) is 10.8 Å². The average Bonchev–Trinajstić information content (AvgIpc) is 2.90. The van der Waals surface area contributed by atoms with Gasteiger partial charge in [-0.25, -0.2) is 4.99 Å². The van der Waals surface area contributed by atoms with Crippen LogP contribution in [0, 0.1) is 0 Å². The number of nitrogens with one attached hydrogen (secondary N) is 1. The lowest BCUT2D eigenvalue weighted by Crippen LogP contribution is -2.18. The Morgan fingerprint density at radius 1 is 1.38 bits per heavy atom. The minimum atomic E-state index is 0.0513. The number of aliphatic imine (C=N–C) groups is 1. The summed E-state index contributed by atoms with van der Waals surface area (Å²) in [6, 6.07) is 2.21. The predicted molar refractivity (Wildman–Crippen MR) is 88.8 cm³/mol. The zero-order chi connectivity index (χ0) is 15.4. The first-order valence-corrected chi connectivity index (χ1v) is 7.70. The van der Waals surface area contributed by atoms with Crippen molar-refractivity contribution in [3.05, 3.63) is 23.4 Å². The second-order valence-electron chi connectivity index (χ2n) is 7.16. The SMILES string of the molecule is CC1(C)CC(C)(C)c2c1cc1[nH]ncc1c2N=C(N)CCl. The molecule has 0 saturated heterocycles.